The van der Waals surface area contributed by atoms with Crippen LogP contribution in [0.2, 0.25) is 0 Å². The van der Waals surface area contributed by atoms with E-state index in [0.29, 0.717) is 6.54 Å². The molecule has 0 aliphatic rings. The van der Waals surface area contributed by atoms with E-state index in [4.69, 9.17) is 12.2 Å². The second kappa shape index (κ2) is 6.13. The minimum Gasteiger partial charge on any atom is -0.358 e. The third-order valence-corrected chi connectivity index (χ3v) is 2.94. The monoisotopic (exact) mass is 314 g/mol. The Morgan fingerprint density at radius 1 is 1.33 bits per heavy atom. The molecule has 0 aliphatic heterocycles. The Balaban J connectivity index is 2.00. The lowest BCUT2D eigenvalue weighted by Gasteiger charge is -2.15. The van der Waals surface area contributed by atoms with E-state index in [1.807, 2.05) is 0 Å². The first-order valence-electron chi connectivity index (χ1n) is 6.05. The number of para-hydroxylation sites is 1. The number of hydrogen-bond donors (Lipinski definition) is 2. The molecule has 0 spiro atoms. The molecule has 1 aromatic heterocycles. The molecule has 0 atom stereocenters. The highest BCUT2D eigenvalue weighted by Gasteiger charge is 2.33. The van der Waals surface area contributed by atoms with Crippen molar-refractivity contribution in [3.05, 3.63) is 47.8 Å². The number of alkyl halides is 3. The minimum absolute atomic E-state index is 0.0753. The number of anilines is 1. The Labute approximate surface area is 125 Å². The first-order valence-corrected chi connectivity index (χ1v) is 6.45. The van der Waals surface area contributed by atoms with Crippen LogP contribution in [0, 0.1) is 0 Å². The number of thiocarbonyl (C=S) groups is 1. The zero-order valence-electron chi connectivity index (χ0n) is 11.1. The molecule has 1 heterocycles. The average molecular weight is 314 g/mol. The minimum atomic E-state index is -4.43. The van der Waals surface area contributed by atoms with E-state index in [2.05, 4.69) is 15.7 Å². The molecule has 112 valence electrons. The van der Waals surface area contributed by atoms with Gasteiger partial charge in [-0.2, -0.15) is 18.3 Å². The van der Waals surface area contributed by atoms with Gasteiger partial charge in [-0.1, -0.05) is 12.1 Å². The largest absolute Gasteiger partial charge is 0.418 e. The van der Waals surface area contributed by atoms with Gasteiger partial charge in [0, 0.05) is 25.4 Å². The van der Waals surface area contributed by atoms with Crippen LogP contribution in [0.15, 0.2) is 36.7 Å². The standard InChI is InChI=1S/C13H13F3N4S/c1-20-8-9(7-18-20)6-17-12(21)19-11-5-3-2-4-10(11)13(14,15)16/h2-5,7-8H,6H2,1H3,(H2,17,19,21). The summed E-state index contributed by atoms with van der Waals surface area (Å²) in [6.07, 6.45) is -0.985. The molecule has 1 aromatic carbocycles. The van der Waals surface area contributed by atoms with Gasteiger partial charge in [-0.3, -0.25) is 4.68 Å². The van der Waals surface area contributed by atoms with Crippen LogP contribution >= 0.6 is 12.2 Å². The van der Waals surface area contributed by atoms with Crippen LogP contribution in [-0.4, -0.2) is 14.9 Å². The Morgan fingerprint density at radius 3 is 2.67 bits per heavy atom. The van der Waals surface area contributed by atoms with Crippen LogP contribution in [-0.2, 0) is 19.8 Å². The van der Waals surface area contributed by atoms with Crippen LogP contribution in [0.1, 0.15) is 11.1 Å². The predicted molar refractivity (Wildman–Crippen MR) is 77.7 cm³/mol. The molecule has 0 saturated heterocycles. The van der Waals surface area contributed by atoms with Gasteiger partial charge >= 0.3 is 6.18 Å². The number of aromatic nitrogens is 2. The Hall–Kier alpha value is -2.09. The Kier molecular flexibility index (Phi) is 4.46. The van der Waals surface area contributed by atoms with Crippen LogP contribution in [0.3, 0.4) is 0 Å². The fourth-order valence-corrected chi connectivity index (χ4v) is 1.93. The van der Waals surface area contributed by atoms with Gasteiger partial charge in [0.05, 0.1) is 17.4 Å². The van der Waals surface area contributed by atoms with Gasteiger partial charge in [-0.15, -0.1) is 0 Å². The maximum atomic E-state index is 12.8. The van der Waals surface area contributed by atoms with E-state index in [1.165, 1.54) is 18.2 Å². The fraction of sp³-hybridized carbons (Fsp3) is 0.231. The van der Waals surface area contributed by atoms with Gasteiger partial charge in [0.1, 0.15) is 0 Å². The van der Waals surface area contributed by atoms with Crippen molar-refractivity contribution in [1.82, 2.24) is 15.1 Å². The summed E-state index contributed by atoms with van der Waals surface area (Å²) < 4.78 is 40.1. The van der Waals surface area contributed by atoms with Crippen molar-refractivity contribution >= 4 is 23.0 Å². The summed E-state index contributed by atoms with van der Waals surface area (Å²) in [7, 11) is 1.78. The summed E-state index contributed by atoms with van der Waals surface area (Å²) in [5.41, 5.74) is 0.0509. The zero-order valence-corrected chi connectivity index (χ0v) is 11.9. The summed E-state index contributed by atoms with van der Waals surface area (Å²) in [5.74, 6) is 0. The molecule has 0 aliphatic carbocycles. The molecule has 0 radical (unpaired) electrons. The number of nitrogens with one attached hydrogen (secondary N) is 2. The van der Waals surface area contributed by atoms with E-state index in [-0.39, 0.29) is 10.8 Å². The SMILES string of the molecule is Cn1cc(CNC(=S)Nc2ccccc2C(F)(F)F)cn1. The molecule has 2 rings (SSSR count). The normalized spacial score (nSPS) is 11.2. The Bertz CT molecular complexity index is 636. The number of rotatable bonds is 3. The van der Waals surface area contributed by atoms with E-state index in [9.17, 15) is 13.2 Å². The molecule has 0 fully saturated rings. The lowest BCUT2D eigenvalue weighted by molar-refractivity contribution is -0.136. The van der Waals surface area contributed by atoms with Crippen LogP contribution in [0.4, 0.5) is 18.9 Å². The van der Waals surface area contributed by atoms with Crippen molar-refractivity contribution in [2.24, 2.45) is 7.05 Å². The van der Waals surface area contributed by atoms with Crippen LogP contribution in [0.5, 0.6) is 0 Å². The molecule has 8 heteroatoms. The van der Waals surface area contributed by atoms with E-state index < -0.39 is 11.7 Å². The van der Waals surface area contributed by atoms with Crippen molar-refractivity contribution in [1.29, 1.82) is 0 Å². The van der Waals surface area contributed by atoms with Crippen molar-refractivity contribution < 1.29 is 13.2 Å². The van der Waals surface area contributed by atoms with Gasteiger partial charge in [-0.05, 0) is 24.4 Å². The molecule has 0 bridgehead atoms. The highest BCUT2D eigenvalue weighted by Crippen LogP contribution is 2.34. The number of halogens is 3. The lowest BCUT2D eigenvalue weighted by Crippen LogP contribution is -2.28. The van der Waals surface area contributed by atoms with E-state index in [0.717, 1.165) is 11.6 Å². The fourth-order valence-electron chi connectivity index (χ4n) is 1.75. The van der Waals surface area contributed by atoms with Crippen LogP contribution in [0.25, 0.3) is 0 Å². The first kappa shape index (κ1) is 15.3. The molecule has 0 amide bonds. The number of hydrogen-bond acceptors (Lipinski definition) is 2. The van der Waals surface area contributed by atoms with Crippen LogP contribution < -0.4 is 10.6 Å². The molecule has 0 unspecified atom stereocenters. The number of benzene rings is 1. The third-order valence-electron chi connectivity index (χ3n) is 2.69. The van der Waals surface area contributed by atoms with Gasteiger partial charge < -0.3 is 10.6 Å². The molecule has 2 aromatic rings. The summed E-state index contributed by atoms with van der Waals surface area (Å²) >= 11 is 5.01. The number of aryl methyl sites for hydroxylation is 1. The number of nitrogens with zero attached hydrogens (tertiary/aromatic N) is 2. The molecule has 0 saturated carbocycles. The van der Waals surface area contributed by atoms with E-state index in [1.54, 1.807) is 24.1 Å². The van der Waals surface area contributed by atoms with Gasteiger partial charge in [0.15, 0.2) is 5.11 Å². The van der Waals surface area contributed by atoms with Crippen molar-refractivity contribution in [3.63, 3.8) is 0 Å². The van der Waals surface area contributed by atoms with E-state index >= 15 is 0 Å². The summed E-state index contributed by atoms with van der Waals surface area (Å²) in [6, 6.07) is 5.19. The highest BCUT2D eigenvalue weighted by atomic mass is 32.1. The smallest absolute Gasteiger partial charge is 0.358 e. The van der Waals surface area contributed by atoms with Gasteiger partial charge in [0.2, 0.25) is 0 Å². The average Bonchev–Trinajstić information content (AvgIpc) is 2.82. The van der Waals surface area contributed by atoms with Gasteiger partial charge in [-0.25, -0.2) is 0 Å². The molecule has 2 N–H and O–H groups in total. The first-order chi connectivity index (χ1) is 9.86. The maximum absolute atomic E-state index is 12.8. The third kappa shape index (κ3) is 4.19. The maximum Gasteiger partial charge on any atom is 0.418 e. The highest BCUT2D eigenvalue weighted by molar-refractivity contribution is 7.80. The summed E-state index contributed by atoms with van der Waals surface area (Å²) in [4.78, 5) is 0. The second-order valence-corrected chi connectivity index (χ2v) is 4.78. The van der Waals surface area contributed by atoms with Crippen molar-refractivity contribution in [2.75, 3.05) is 5.32 Å². The summed E-state index contributed by atoms with van der Waals surface area (Å²) in [5, 5.41) is 9.52. The zero-order chi connectivity index (χ0) is 15.5. The molecule has 21 heavy (non-hydrogen) atoms. The topological polar surface area (TPSA) is 41.9 Å². The van der Waals surface area contributed by atoms with Crippen molar-refractivity contribution in [3.8, 4) is 0 Å². The molecular formula is C13H13F3N4S. The summed E-state index contributed by atoms with van der Waals surface area (Å²) in [6.45, 7) is 0.383. The van der Waals surface area contributed by atoms with Crippen molar-refractivity contribution in [2.45, 2.75) is 12.7 Å². The second-order valence-electron chi connectivity index (χ2n) is 4.37. The Morgan fingerprint density at radius 2 is 2.05 bits per heavy atom. The molecule has 4 nitrogen and oxygen atoms in total. The predicted octanol–water partition coefficient (Wildman–Crippen LogP) is 2.93. The quantitative estimate of drug-likeness (QED) is 0.855. The lowest BCUT2D eigenvalue weighted by atomic mass is 10.1. The van der Waals surface area contributed by atoms with Gasteiger partial charge in [0.25, 0.3) is 0 Å². The molecular weight excluding hydrogens is 301 g/mol.